The van der Waals surface area contributed by atoms with E-state index in [1.54, 1.807) is 0 Å². The number of hydrogen-bond donors (Lipinski definition) is 0. The van der Waals surface area contributed by atoms with Gasteiger partial charge in [0, 0.05) is 6.42 Å². The average Bonchev–Trinajstić information content (AvgIpc) is 3.25. The van der Waals surface area contributed by atoms with Crippen LogP contribution in [0.5, 0.6) is 5.75 Å². The zero-order valence-electron chi connectivity index (χ0n) is 13.9. The third-order valence-electron chi connectivity index (χ3n) is 4.50. The van der Waals surface area contributed by atoms with Crippen LogP contribution in [0.25, 0.3) is 11.1 Å². The summed E-state index contributed by atoms with van der Waals surface area (Å²) in [6, 6.07) is 13.9. The van der Waals surface area contributed by atoms with E-state index in [1.807, 2.05) is 36.4 Å². The zero-order valence-corrected chi connectivity index (χ0v) is 15.5. The molecule has 0 radical (unpaired) electrons. The van der Waals surface area contributed by atoms with Gasteiger partial charge in [0.1, 0.15) is 11.3 Å². The minimum absolute atomic E-state index is 0.309. The molecule has 5 heteroatoms. The van der Waals surface area contributed by atoms with Crippen molar-refractivity contribution in [1.82, 2.24) is 4.98 Å². The Morgan fingerprint density at radius 3 is 2.80 bits per heavy atom. The van der Waals surface area contributed by atoms with Crippen molar-refractivity contribution in [2.45, 2.75) is 38.2 Å². The van der Waals surface area contributed by atoms with Gasteiger partial charge < -0.3 is 13.9 Å². The van der Waals surface area contributed by atoms with Crippen molar-refractivity contribution in [3.63, 3.8) is 0 Å². The van der Waals surface area contributed by atoms with Crippen LogP contribution in [0, 0.1) is 0 Å². The number of para-hydroxylation sites is 1. The van der Waals surface area contributed by atoms with Crippen LogP contribution in [-0.4, -0.2) is 17.9 Å². The second kappa shape index (κ2) is 7.58. The van der Waals surface area contributed by atoms with Gasteiger partial charge in [-0.3, -0.25) is 0 Å². The fourth-order valence-corrected chi connectivity index (χ4v) is 3.65. The molecular weight excluding hydrogens is 382 g/mol. The Hall–Kier alpha value is -1.85. The lowest BCUT2D eigenvalue weighted by atomic mass is 10.1. The first-order valence-electron chi connectivity index (χ1n) is 8.65. The molecule has 130 valence electrons. The van der Waals surface area contributed by atoms with E-state index in [9.17, 15) is 0 Å². The van der Waals surface area contributed by atoms with E-state index in [0.29, 0.717) is 25.2 Å². The normalized spacial score (nSPS) is 15.1. The Bertz CT molecular complexity index is 855. The van der Waals surface area contributed by atoms with Gasteiger partial charge in [-0.05, 0) is 58.6 Å². The molecule has 0 N–H and O–H groups in total. The van der Waals surface area contributed by atoms with Crippen LogP contribution >= 0.6 is 15.9 Å². The highest BCUT2D eigenvalue weighted by Gasteiger charge is 2.15. The van der Waals surface area contributed by atoms with E-state index in [2.05, 4.69) is 27.0 Å². The van der Waals surface area contributed by atoms with Crippen molar-refractivity contribution in [2.24, 2.45) is 0 Å². The van der Waals surface area contributed by atoms with Gasteiger partial charge in [0.2, 0.25) is 0 Å². The highest BCUT2D eigenvalue weighted by atomic mass is 79.9. The predicted octanol–water partition coefficient (Wildman–Crippen LogP) is 5.48. The third kappa shape index (κ3) is 4.05. The van der Waals surface area contributed by atoms with Crippen LogP contribution < -0.4 is 4.74 Å². The zero-order chi connectivity index (χ0) is 17.1. The van der Waals surface area contributed by atoms with E-state index in [-0.39, 0.29) is 0 Å². The van der Waals surface area contributed by atoms with Crippen LogP contribution in [0.15, 0.2) is 51.4 Å². The summed E-state index contributed by atoms with van der Waals surface area (Å²) in [5, 5.41) is 0. The number of oxazole rings is 1. The maximum atomic E-state index is 5.87. The van der Waals surface area contributed by atoms with E-state index in [4.69, 9.17) is 13.9 Å². The Balaban J connectivity index is 1.40. The Morgan fingerprint density at radius 1 is 1.12 bits per heavy atom. The van der Waals surface area contributed by atoms with Crippen molar-refractivity contribution in [1.29, 1.82) is 0 Å². The molecule has 0 aliphatic heterocycles. The van der Waals surface area contributed by atoms with Crippen LogP contribution in [0.2, 0.25) is 0 Å². The van der Waals surface area contributed by atoms with E-state index >= 15 is 0 Å². The summed E-state index contributed by atoms with van der Waals surface area (Å²) in [6.45, 7) is 0.309. The topological polar surface area (TPSA) is 44.5 Å². The molecule has 1 aromatic heterocycles. The number of ether oxygens (including phenoxy) is 2. The lowest BCUT2D eigenvalue weighted by molar-refractivity contribution is -0.0325. The van der Waals surface area contributed by atoms with Gasteiger partial charge in [-0.25, -0.2) is 4.98 Å². The maximum absolute atomic E-state index is 5.87. The largest absolute Gasteiger partial charge is 0.468 e. The third-order valence-corrected chi connectivity index (χ3v) is 5.12. The summed E-state index contributed by atoms with van der Waals surface area (Å²) < 4.78 is 18.3. The maximum Gasteiger partial charge on any atom is 0.199 e. The molecule has 25 heavy (non-hydrogen) atoms. The molecule has 0 amide bonds. The smallest absolute Gasteiger partial charge is 0.199 e. The summed E-state index contributed by atoms with van der Waals surface area (Å²) in [4.78, 5) is 4.55. The number of benzene rings is 2. The highest BCUT2D eigenvalue weighted by Crippen LogP contribution is 2.26. The molecule has 1 fully saturated rings. The number of aromatic nitrogens is 1. The van der Waals surface area contributed by atoms with Crippen LogP contribution in [0.1, 0.15) is 37.1 Å². The number of rotatable bonds is 6. The summed E-state index contributed by atoms with van der Waals surface area (Å²) in [6.07, 6.45) is 5.82. The number of nitrogens with zero attached hydrogens (tertiary/aromatic N) is 1. The van der Waals surface area contributed by atoms with E-state index < -0.39 is 0 Å². The second-order valence-electron chi connectivity index (χ2n) is 6.36. The Kier molecular flexibility index (Phi) is 5.04. The van der Waals surface area contributed by atoms with Gasteiger partial charge in [-0.1, -0.05) is 31.0 Å². The molecular formula is C20H20BrNO3. The van der Waals surface area contributed by atoms with Crippen molar-refractivity contribution in [3.8, 4) is 5.75 Å². The first kappa shape index (κ1) is 16.6. The number of fused-ring (bicyclic) bond motifs is 1. The minimum Gasteiger partial charge on any atom is -0.468 e. The molecule has 0 unspecified atom stereocenters. The summed E-state index contributed by atoms with van der Waals surface area (Å²) in [7, 11) is 0. The molecule has 0 saturated heterocycles. The van der Waals surface area contributed by atoms with Crippen molar-refractivity contribution >= 4 is 27.0 Å². The Labute approximate surface area is 155 Å². The molecule has 1 aliphatic rings. The van der Waals surface area contributed by atoms with Gasteiger partial charge in [-0.2, -0.15) is 0 Å². The van der Waals surface area contributed by atoms with Crippen molar-refractivity contribution < 1.29 is 13.9 Å². The van der Waals surface area contributed by atoms with Crippen LogP contribution in [0.4, 0.5) is 0 Å². The summed E-state index contributed by atoms with van der Waals surface area (Å²) in [5.74, 6) is 1.51. The van der Waals surface area contributed by atoms with Gasteiger partial charge in [0.15, 0.2) is 18.3 Å². The molecule has 3 aromatic rings. The van der Waals surface area contributed by atoms with E-state index in [0.717, 1.165) is 39.7 Å². The number of halogens is 1. The molecule has 0 spiro atoms. The molecule has 1 aliphatic carbocycles. The monoisotopic (exact) mass is 401 g/mol. The minimum atomic E-state index is 0.309. The van der Waals surface area contributed by atoms with Crippen LogP contribution in [0.3, 0.4) is 0 Å². The molecule has 4 rings (SSSR count). The van der Waals surface area contributed by atoms with E-state index in [1.165, 1.54) is 12.8 Å². The Morgan fingerprint density at radius 2 is 1.96 bits per heavy atom. The van der Waals surface area contributed by atoms with Crippen molar-refractivity contribution in [3.05, 3.63) is 58.4 Å². The second-order valence-corrected chi connectivity index (χ2v) is 7.21. The quantitative estimate of drug-likeness (QED) is 0.513. The fourth-order valence-electron chi connectivity index (χ4n) is 3.21. The average molecular weight is 402 g/mol. The highest BCUT2D eigenvalue weighted by molar-refractivity contribution is 9.10. The molecule has 1 saturated carbocycles. The number of hydrogen-bond acceptors (Lipinski definition) is 4. The standard InChI is InChI=1S/C20H20BrNO3/c21-17-9-4-10-18-20(17)25-19(22-18)12-14-5-3-8-16(11-14)24-13-23-15-6-1-2-7-15/h3-5,8-11,15H,1-2,6-7,12-13H2. The predicted molar refractivity (Wildman–Crippen MR) is 99.8 cm³/mol. The van der Waals surface area contributed by atoms with Gasteiger partial charge in [0.05, 0.1) is 10.6 Å². The molecule has 4 nitrogen and oxygen atoms in total. The first-order chi connectivity index (χ1) is 12.3. The summed E-state index contributed by atoms with van der Waals surface area (Å²) in [5.41, 5.74) is 2.75. The first-order valence-corrected chi connectivity index (χ1v) is 9.44. The molecule has 2 aromatic carbocycles. The van der Waals surface area contributed by atoms with Crippen LogP contribution in [-0.2, 0) is 11.2 Å². The molecule has 1 heterocycles. The lowest BCUT2D eigenvalue weighted by Gasteiger charge is -2.12. The molecule has 0 atom stereocenters. The van der Waals surface area contributed by atoms with Crippen molar-refractivity contribution in [2.75, 3.05) is 6.79 Å². The summed E-state index contributed by atoms with van der Waals surface area (Å²) >= 11 is 3.50. The van der Waals surface area contributed by atoms with Gasteiger partial charge in [-0.15, -0.1) is 0 Å². The molecule has 0 bridgehead atoms. The fraction of sp³-hybridized carbons (Fsp3) is 0.350. The van der Waals surface area contributed by atoms with Gasteiger partial charge >= 0.3 is 0 Å². The lowest BCUT2D eigenvalue weighted by Crippen LogP contribution is -2.12. The SMILES string of the molecule is Brc1cccc2nc(Cc3cccc(OCOC4CCCC4)c3)oc12. The van der Waals surface area contributed by atoms with Gasteiger partial charge in [0.25, 0.3) is 0 Å².